The van der Waals surface area contributed by atoms with Crippen LogP contribution >= 0.6 is 0 Å². The van der Waals surface area contributed by atoms with Crippen molar-refractivity contribution in [2.75, 3.05) is 20.5 Å². The van der Waals surface area contributed by atoms with Gasteiger partial charge in [-0.2, -0.15) is 0 Å². The molecule has 0 aliphatic rings. The number of hydrogen-bond donors (Lipinski definition) is 2. The number of esters is 1. The van der Waals surface area contributed by atoms with Gasteiger partial charge in [0, 0.05) is 13.5 Å². The monoisotopic (exact) mass is 642 g/mol. The molecular weight excluding hydrogens is 566 g/mol. The van der Waals surface area contributed by atoms with E-state index in [1.807, 2.05) is 0 Å². The van der Waals surface area contributed by atoms with Crippen LogP contribution in [-0.4, -0.2) is 55.7 Å². The fourth-order valence-electron chi connectivity index (χ4n) is 5.97. The fraction of sp³-hybridized carbons (Fsp3) is 0.947. The number of amides is 1. The standard InChI is InChI=1S/C38H75NO6/c1-5-8-10-12-14-16-18-20-22-24-26-28-30-32-35(40)39-36(38(42)44-7-3)37(41)34(45-33-43-4)31-29-27-25-23-21-19-17-15-13-11-9-6-2/h34,36-37,41H,5-33H2,1-4H3,(H,39,40)/t34-,36+,37+/m0/s1. The van der Waals surface area contributed by atoms with Gasteiger partial charge < -0.3 is 24.6 Å². The molecule has 0 aliphatic carbocycles. The summed E-state index contributed by atoms with van der Waals surface area (Å²) in [4.78, 5) is 25.6. The Morgan fingerprint density at radius 2 is 1.00 bits per heavy atom. The second-order valence-electron chi connectivity index (χ2n) is 13.1. The molecule has 1 amide bonds. The molecule has 45 heavy (non-hydrogen) atoms. The Morgan fingerprint density at radius 1 is 0.600 bits per heavy atom. The number of nitrogens with one attached hydrogen (secondary N) is 1. The van der Waals surface area contributed by atoms with E-state index in [2.05, 4.69) is 19.2 Å². The van der Waals surface area contributed by atoms with Crippen LogP contribution in [0.15, 0.2) is 0 Å². The van der Waals surface area contributed by atoms with Gasteiger partial charge in [-0.3, -0.25) is 4.79 Å². The van der Waals surface area contributed by atoms with Gasteiger partial charge in [0.1, 0.15) is 12.9 Å². The maximum absolute atomic E-state index is 12.8. The van der Waals surface area contributed by atoms with E-state index in [-0.39, 0.29) is 19.3 Å². The van der Waals surface area contributed by atoms with E-state index >= 15 is 0 Å². The largest absolute Gasteiger partial charge is 0.464 e. The van der Waals surface area contributed by atoms with Crippen LogP contribution in [0.5, 0.6) is 0 Å². The number of carbonyl (C=O) groups excluding carboxylic acids is 2. The topological polar surface area (TPSA) is 94.1 Å². The summed E-state index contributed by atoms with van der Waals surface area (Å²) in [6, 6.07) is -1.15. The number of unbranched alkanes of at least 4 members (excludes halogenated alkanes) is 23. The van der Waals surface area contributed by atoms with Crippen LogP contribution in [0.1, 0.15) is 194 Å². The van der Waals surface area contributed by atoms with E-state index in [1.165, 1.54) is 129 Å². The molecule has 0 unspecified atom stereocenters. The zero-order chi connectivity index (χ0) is 33.2. The van der Waals surface area contributed by atoms with Crippen molar-refractivity contribution in [2.24, 2.45) is 0 Å². The molecule has 0 aromatic carbocycles. The molecule has 268 valence electrons. The van der Waals surface area contributed by atoms with Crippen LogP contribution in [0.4, 0.5) is 0 Å². The molecule has 0 bridgehead atoms. The highest BCUT2D eigenvalue weighted by atomic mass is 16.7. The van der Waals surface area contributed by atoms with Gasteiger partial charge in [0.15, 0.2) is 6.04 Å². The number of rotatable bonds is 35. The van der Waals surface area contributed by atoms with Crippen molar-refractivity contribution in [3.63, 3.8) is 0 Å². The average Bonchev–Trinajstić information content (AvgIpc) is 3.03. The van der Waals surface area contributed by atoms with Crippen molar-refractivity contribution >= 4 is 11.9 Å². The van der Waals surface area contributed by atoms with Gasteiger partial charge in [0.2, 0.25) is 5.91 Å². The third-order valence-electron chi connectivity index (χ3n) is 8.83. The zero-order valence-electron chi connectivity index (χ0n) is 30.2. The highest BCUT2D eigenvalue weighted by Gasteiger charge is 2.35. The third kappa shape index (κ3) is 27.6. The number of ether oxygens (including phenoxy) is 3. The first-order valence-electron chi connectivity index (χ1n) is 19.3. The molecule has 2 N–H and O–H groups in total. The van der Waals surface area contributed by atoms with E-state index in [0.29, 0.717) is 12.8 Å². The molecule has 0 saturated carbocycles. The van der Waals surface area contributed by atoms with Gasteiger partial charge in [0.05, 0.1) is 12.7 Å². The quantitative estimate of drug-likeness (QED) is 0.0406. The molecular formula is C38H75NO6. The minimum absolute atomic E-state index is 0.0163. The van der Waals surface area contributed by atoms with Crippen molar-refractivity contribution in [2.45, 2.75) is 212 Å². The van der Waals surface area contributed by atoms with Crippen LogP contribution in [0, 0.1) is 0 Å². The number of aliphatic hydroxyl groups is 1. The molecule has 0 heterocycles. The van der Waals surface area contributed by atoms with Crippen LogP contribution in [0.2, 0.25) is 0 Å². The van der Waals surface area contributed by atoms with Crippen molar-refractivity contribution in [1.82, 2.24) is 5.32 Å². The van der Waals surface area contributed by atoms with Crippen LogP contribution < -0.4 is 5.32 Å². The third-order valence-corrected chi connectivity index (χ3v) is 8.83. The van der Waals surface area contributed by atoms with E-state index in [0.717, 1.165) is 38.5 Å². The molecule has 0 spiro atoms. The molecule has 0 radical (unpaired) electrons. The molecule has 0 saturated heterocycles. The van der Waals surface area contributed by atoms with Gasteiger partial charge in [-0.1, -0.05) is 168 Å². The van der Waals surface area contributed by atoms with Crippen molar-refractivity contribution in [3.05, 3.63) is 0 Å². The molecule has 0 aromatic rings. The summed E-state index contributed by atoms with van der Waals surface area (Å²) in [6.45, 7) is 6.43. The van der Waals surface area contributed by atoms with E-state index in [1.54, 1.807) is 6.92 Å². The maximum Gasteiger partial charge on any atom is 0.331 e. The Labute approximate surface area is 278 Å². The Bertz CT molecular complexity index is 646. The predicted octanol–water partition coefficient (Wildman–Crippen LogP) is 9.96. The lowest BCUT2D eigenvalue weighted by atomic mass is 9.98. The molecule has 7 heteroatoms. The lowest BCUT2D eigenvalue weighted by Crippen LogP contribution is -2.54. The number of methoxy groups -OCH3 is 1. The summed E-state index contributed by atoms with van der Waals surface area (Å²) in [7, 11) is 1.54. The lowest BCUT2D eigenvalue weighted by molar-refractivity contribution is -0.160. The summed E-state index contributed by atoms with van der Waals surface area (Å²) in [5.74, 6) is -0.851. The van der Waals surface area contributed by atoms with Gasteiger partial charge in [-0.25, -0.2) is 4.79 Å². The highest BCUT2D eigenvalue weighted by molar-refractivity contribution is 5.85. The summed E-state index contributed by atoms with van der Waals surface area (Å²) >= 11 is 0. The molecule has 0 aromatic heterocycles. The van der Waals surface area contributed by atoms with E-state index < -0.39 is 24.2 Å². The summed E-state index contributed by atoms with van der Waals surface area (Å²) in [6.07, 6.45) is 30.2. The number of aliphatic hydroxyl groups excluding tert-OH is 1. The second-order valence-corrected chi connectivity index (χ2v) is 13.1. The van der Waals surface area contributed by atoms with Gasteiger partial charge in [-0.15, -0.1) is 0 Å². The first kappa shape index (κ1) is 43.8. The van der Waals surface area contributed by atoms with Crippen molar-refractivity contribution < 1.29 is 28.9 Å². The van der Waals surface area contributed by atoms with Gasteiger partial charge in [0.25, 0.3) is 0 Å². The smallest absolute Gasteiger partial charge is 0.331 e. The summed E-state index contributed by atoms with van der Waals surface area (Å²) < 4.78 is 16.1. The minimum atomic E-state index is -1.21. The maximum atomic E-state index is 12.8. The Hall–Kier alpha value is -1.18. The van der Waals surface area contributed by atoms with Crippen LogP contribution in [0.25, 0.3) is 0 Å². The molecule has 0 rings (SSSR count). The highest BCUT2D eigenvalue weighted by Crippen LogP contribution is 2.18. The summed E-state index contributed by atoms with van der Waals surface area (Å²) in [5, 5.41) is 14.0. The number of hydrogen-bond acceptors (Lipinski definition) is 6. The molecule has 0 aliphatic heterocycles. The van der Waals surface area contributed by atoms with Crippen LogP contribution in [0.3, 0.4) is 0 Å². The molecule has 3 atom stereocenters. The minimum Gasteiger partial charge on any atom is -0.464 e. The molecule has 7 nitrogen and oxygen atoms in total. The van der Waals surface area contributed by atoms with Gasteiger partial charge in [-0.05, 0) is 19.8 Å². The first-order chi connectivity index (χ1) is 22.0. The lowest BCUT2D eigenvalue weighted by Gasteiger charge is -2.29. The fourth-order valence-corrected chi connectivity index (χ4v) is 5.97. The van der Waals surface area contributed by atoms with E-state index in [9.17, 15) is 14.7 Å². The predicted molar refractivity (Wildman–Crippen MR) is 187 cm³/mol. The van der Waals surface area contributed by atoms with Gasteiger partial charge >= 0.3 is 5.97 Å². The average molecular weight is 642 g/mol. The SMILES string of the molecule is CCCCCCCCCCCCCCCC(=O)N[C@@H](C(=O)OCC)[C@H](O)[C@H](CCCCCCCCCCCCCC)OCOC. The second kappa shape index (κ2) is 34.2. The van der Waals surface area contributed by atoms with Crippen molar-refractivity contribution in [1.29, 1.82) is 0 Å². The molecule has 0 fully saturated rings. The Kier molecular flexibility index (Phi) is 33.3. The van der Waals surface area contributed by atoms with Crippen molar-refractivity contribution in [3.8, 4) is 0 Å². The Morgan fingerprint density at radius 3 is 1.40 bits per heavy atom. The first-order valence-corrected chi connectivity index (χ1v) is 19.3. The van der Waals surface area contributed by atoms with Crippen LogP contribution in [-0.2, 0) is 23.8 Å². The normalized spacial score (nSPS) is 13.4. The summed E-state index contributed by atoms with van der Waals surface area (Å²) in [5.41, 5.74) is 0. The Balaban J connectivity index is 4.40. The van der Waals surface area contributed by atoms with E-state index in [4.69, 9.17) is 14.2 Å². The zero-order valence-corrected chi connectivity index (χ0v) is 30.2. The number of carbonyl (C=O) groups is 2.